The lowest BCUT2D eigenvalue weighted by Gasteiger charge is -2.18. The number of carbonyl (C=O) groups is 2. The van der Waals surface area contributed by atoms with Crippen LogP contribution in [0.2, 0.25) is 0 Å². The van der Waals surface area contributed by atoms with Gasteiger partial charge in [0.1, 0.15) is 0 Å². The van der Waals surface area contributed by atoms with Gasteiger partial charge in [0, 0.05) is 29.2 Å². The minimum absolute atomic E-state index is 0.0951. The molecule has 5 heteroatoms. The molecule has 0 radical (unpaired) electrons. The Labute approximate surface area is 146 Å². The molecule has 0 spiro atoms. The van der Waals surface area contributed by atoms with Crippen molar-refractivity contribution in [1.82, 2.24) is 0 Å². The summed E-state index contributed by atoms with van der Waals surface area (Å²) in [7, 11) is 1.71. The molecule has 0 heterocycles. The molecule has 0 saturated carbocycles. The Morgan fingerprint density at radius 3 is 2.23 bits per heavy atom. The highest BCUT2D eigenvalue weighted by atomic mass is 79.9. The zero-order chi connectivity index (χ0) is 16.1. The van der Waals surface area contributed by atoms with Crippen LogP contribution >= 0.6 is 31.9 Å². The molecule has 0 aliphatic heterocycles. The number of para-hydroxylation sites is 1. The lowest BCUT2D eigenvalue weighted by Crippen LogP contribution is -2.30. The van der Waals surface area contributed by atoms with E-state index in [4.69, 9.17) is 0 Å². The number of alkyl halides is 1. The van der Waals surface area contributed by atoms with Gasteiger partial charge in [0.05, 0.1) is 4.83 Å². The van der Waals surface area contributed by atoms with Crippen molar-refractivity contribution in [2.45, 2.75) is 11.2 Å². The molecule has 1 atom stereocenters. The zero-order valence-corrected chi connectivity index (χ0v) is 15.2. The number of halogens is 2. The second kappa shape index (κ2) is 7.70. The smallest absolute Gasteiger partial charge is 0.228 e. The van der Waals surface area contributed by atoms with Gasteiger partial charge in [-0.15, -0.1) is 0 Å². The number of ketones is 1. The van der Waals surface area contributed by atoms with Crippen molar-refractivity contribution in [3.05, 3.63) is 64.6 Å². The summed E-state index contributed by atoms with van der Waals surface area (Å²) in [6.07, 6.45) is 0.111. The summed E-state index contributed by atoms with van der Waals surface area (Å²) < 4.78 is 0.912. The molecule has 0 bridgehead atoms. The molecule has 2 aromatic rings. The van der Waals surface area contributed by atoms with Gasteiger partial charge in [0.15, 0.2) is 5.78 Å². The van der Waals surface area contributed by atoms with Gasteiger partial charge < -0.3 is 4.90 Å². The van der Waals surface area contributed by atoms with Crippen molar-refractivity contribution in [3.8, 4) is 0 Å². The standard InChI is InChI=1S/C17H15Br2NO2/c1-20(14-5-3-2-4-6-14)16(21)11-15(19)17(22)12-7-9-13(18)10-8-12/h2-10,15H,11H2,1H3. The first kappa shape index (κ1) is 16.9. The van der Waals surface area contributed by atoms with Crippen LogP contribution in [0, 0.1) is 0 Å². The first-order chi connectivity index (χ1) is 10.5. The van der Waals surface area contributed by atoms with Gasteiger partial charge in [-0.2, -0.15) is 0 Å². The van der Waals surface area contributed by atoms with Gasteiger partial charge in [-0.3, -0.25) is 9.59 Å². The van der Waals surface area contributed by atoms with Crippen LogP contribution in [0.15, 0.2) is 59.1 Å². The number of carbonyl (C=O) groups excluding carboxylic acids is 2. The molecule has 22 heavy (non-hydrogen) atoms. The predicted octanol–water partition coefficient (Wildman–Crippen LogP) is 4.45. The number of hydrogen-bond acceptors (Lipinski definition) is 2. The molecule has 0 N–H and O–H groups in total. The summed E-state index contributed by atoms with van der Waals surface area (Å²) in [6.45, 7) is 0. The van der Waals surface area contributed by atoms with Crippen LogP contribution in [0.4, 0.5) is 5.69 Å². The molecule has 114 valence electrons. The Morgan fingerprint density at radius 2 is 1.64 bits per heavy atom. The molecular formula is C17H15Br2NO2. The predicted molar refractivity (Wildman–Crippen MR) is 95.7 cm³/mol. The molecule has 1 amide bonds. The molecule has 0 fully saturated rings. The Bertz CT molecular complexity index is 656. The van der Waals surface area contributed by atoms with Crippen LogP contribution in [0.3, 0.4) is 0 Å². The van der Waals surface area contributed by atoms with Crippen LogP contribution in [0.25, 0.3) is 0 Å². The number of nitrogens with zero attached hydrogens (tertiary/aromatic N) is 1. The molecular weight excluding hydrogens is 410 g/mol. The summed E-state index contributed by atoms with van der Waals surface area (Å²) in [5, 5.41) is 0. The Morgan fingerprint density at radius 1 is 1.05 bits per heavy atom. The first-order valence-electron chi connectivity index (χ1n) is 6.74. The minimum atomic E-state index is -0.535. The van der Waals surface area contributed by atoms with Crippen LogP contribution in [-0.4, -0.2) is 23.6 Å². The summed E-state index contributed by atoms with van der Waals surface area (Å²) in [5.41, 5.74) is 1.39. The molecule has 0 aliphatic rings. The maximum atomic E-state index is 12.3. The second-order valence-corrected chi connectivity index (χ2v) is 6.85. The number of amides is 1. The van der Waals surface area contributed by atoms with Crippen LogP contribution in [0.1, 0.15) is 16.8 Å². The van der Waals surface area contributed by atoms with Crippen LogP contribution in [-0.2, 0) is 4.79 Å². The topological polar surface area (TPSA) is 37.4 Å². The van der Waals surface area contributed by atoms with Crippen molar-refractivity contribution in [2.24, 2.45) is 0 Å². The van der Waals surface area contributed by atoms with E-state index in [0.717, 1.165) is 10.2 Å². The fourth-order valence-electron chi connectivity index (χ4n) is 1.97. The van der Waals surface area contributed by atoms with Gasteiger partial charge >= 0.3 is 0 Å². The summed E-state index contributed by atoms with van der Waals surface area (Å²) >= 11 is 6.66. The third-order valence-electron chi connectivity index (χ3n) is 3.28. The summed E-state index contributed by atoms with van der Waals surface area (Å²) in [6, 6.07) is 16.5. The van der Waals surface area contributed by atoms with E-state index in [-0.39, 0.29) is 18.1 Å². The molecule has 1 unspecified atom stereocenters. The summed E-state index contributed by atoms with van der Waals surface area (Å²) in [4.78, 5) is 25.6. The third-order valence-corrected chi connectivity index (χ3v) is 4.55. The molecule has 2 rings (SSSR count). The van der Waals surface area contributed by atoms with E-state index in [1.54, 1.807) is 24.1 Å². The average molecular weight is 425 g/mol. The van der Waals surface area contributed by atoms with Crippen LogP contribution in [0.5, 0.6) is 0 Å². The SMILES string of the molecule is CN(C(=O)CC(Br)C(=O)c1ccc(Br)cc1)c1ccccc1. The van der Waals surface area contributed by atoms with Crippen molar-refractivity contribution >= 4 is 49.2 Å². The van der Waals surface area contributed by atoms with Crippen molar-refractivity contribution in [1.29, 1.82) is 0 Å². The lowest BCUT2D eigenvalue weighted by molar-refractivity contribution is -0.118. The van der Waals surface area contributed by atoms with Gasteiger partial charge in [-0.25, -0.2) is 0 Å². The van der Waals surface area contributed by atoms with Gasteiger partial charge in [0.25, 0.3) is 0 Å². The maximum absolute atomic E-state index is 12.3. The highest BCUT2D eigenvalue weighted by molar-refractivity contribution is 9.10. The largest absolute Gasteiger partial charge is 0.315 e. The molecule has 0 saturated heterocycles. The highest BCUT2D eigenvalue weighted by Gasteiger charge is 2.22. The molecule has 3 nitrogen and oxygen atoms in total. The van der Waals surface area contributed by atoms with Crippen molar-refractivity contribution in [2.75, 3.05) is 11.9 Å². The first-order valence-corrected chi connectivity index (χ1v) is 8.45. The third kappa shape index (κ3) is 4.27. The van der Waals surface area contributed by atoms with E-state index in [9.17, 15) is 9.59 Å². The average Bonchev–Trinajstić information content (AvgIpc) is 2.54. The monoisotopic (exact) mass is 423 g/mol. The van der Waals surface area contributed by atoms with E-state index >= 15 is 0 Å². The van der Waals surface area contributed by atoms with Crippen LogP contribution < -0.4 is 4.90 Å². The lowest BCUT2D eigenvalue weighted by atomic mass is 10.1. The number of rotatable bonds is 5. The number of Topliss-reactive ketones (excluding diaryl/α,β-unsaturated/α-hetero) is 1. The molecule has 0 aliphatic carbocycles. The second-order valence-electron chi connectivity index (χ2n) is 4.83. The Kier molecular flexibility index (Phi) is 5.91. The van der Waals surface area contributed by atoms with E-state index in [2.05, 4.69) is 31.9 Å². The Hall–Kier alpha value is -1.46. The van der Waals surface area contributed by atoms with E-state index in [0.29, 0.717) is 5.56 Å². The number of anilines is 1. The molecule has 2 aromatic carbocycles. The number of hydrogen-bond donors (Lipinski definition) is 0. The minimum Gasteiger partial charge on any atom is -0.315 e. The normalized spacial score (nSPS) is 11.8. The van der Waals surface area contributed by atoms with E-state index < -0.39 is 4.83 Å². The fraction of sp³-hybridized carbons (Fsp3) is 0.176. The molecule has 0 aromatic heterocycles. The quantitative estimate of drug-likeness (QED) is 0.525. The van der Waals surface area contributed by atoms with Crippen molar-refractivity contribution < 1.29 is 9.59 Å². The van der Waals surface area contributed by atoms with E-state index in [1.165, 1.54) is 0 Å². The zero-order valence-electron chi connectivity index (χ0n) is 12.0. The maximum Gasteiger partial charge on any atom is 0.228 e. The number of benzene rings is 2. The van der Waals surface area contributed by atoms with Crippen molar-refractivity contribution in [3.63, 3.8) is 0 Å². The van der Waals surface area contributed by atoms with Gasteiger partial charge in [-0.05, 0) is 24.3 Å². The highest BCUT2D eigenvalue weighted by Crippen LogP contribution is 2.19. The van der Waals surface area contributed by atoms with Gasteiger partial charge in [0.2, 0.25) is 5.91 Å². The summed E-state index contributed by atoms with van der Waals surface area (Å²) in [5.74, 6) is -0.208. The fourth-order valence-corrected chi connectivity index (χ4v) is 2.78. The van der Waals surface area contributed by atoms with Gasteiger partial charge in [-0.1, -0.05) is 62.2 Å². The Balaban J connectivity index is 2.01. The van der Waals surface area contributed by atoms with E-state index in [1.807, 2.05) is 42.5 Å².